The van der Waals surface area contributed by atoms with E-state index in [-0.39, 0.29) is 17.9 Å². The smallest absolute Gasteiger partial charge is 0.243 e. The fourth-order valence-electron chi connectivity index (χ4n) is 3.88. The van der Waals surface area contributed by atoms with E-state index in [1.807, 2.05) is 93.6 Å². The van der Waals surface area contributed by atoms with E-state index in [1.54, 1.807) is 16.7 Å². The Kier molecular flexibility index (Phi) is 10.4. The van der Waals surface area contributed by atoms with Crippen LogP contribution >= 0.6 is 11.8 Å². The van der Waals surface area contributed by atoms with Gasteiger partial charge in [-0.25, -0.2) is 0 Å². The molecule has 0 spiro atoms. The maximum atomic E-state index is 13.7. The van der Waals surface area contributed by atoms with Gasteiger partial charge >= 0.3 is 0 Å². The van der Waals surface area contributed by atoms with Gasteiger partial charge in [0.2, 0.25) is 11.8 Å². The fourth-order valence-corrected chi connectivity index (χ4v) is 4.75. The Balaban J connectivity index is 1.87. The predicted octanol–water partition coefficient (Wildman–Crippen LogP) is 5.78. The van der Waals surface area contributed by atoms with E-state index in [0.29, 0.717) is 18.7 Å². The van der Waals surface area contributed by atoms with Gasteiger partial charge in [-0.1, -0.05) is 91.9 Å². The summed E-state index contributed by atoms with van der Waals surface area (Å²) in [5.74, 6) is 0.961. The fraction of sp³-hybridized carbons (Fsp3) is 0.333. The Morgan fingerprint density at radius 2 is 1.49 bits per heavy atom. The van der Waals surface area contributed by atoms with Gasteiger partial charge < -0.3 is 10.2 Å². The number of rotatable bonds is 12. The lowest BCUT2D eigenvalue weighted by molar-refractivity contribution is -0.139. The quantitative estimate of drug-likeness (QED) is 0.351. The van der Waals surface area contributed by atoms with E-state index >= 15 is 0 Å². The molecule has 2 unspecified atom stereocenters. The second-order valence-corrected chi connectivity index (χ2v) is 9.94. The summed E-state index contributed by atoms with van der Waals surface area (Å²) in [6.07, 6.45) is 1.31. The third kappa shape index (κ3) is 8.29. The van der Waals surface area contributed by atoms with Crippen molar-refractivity contribution in [1.82, 2.24) is 10.2 Å². The number of nitrogens with zero attached hydrogens (tertiary/aromatic N) is 1. The Labute approximate surface area is 214 Å². The first-order chi connectivity index (χ1) is 17.0. The zero-order chi connectivity index (χ0) is 25.0. The summed E-state index contributed by atoms with van der Waals surface area (Å²) in [6, 6.07) is 27.6. The van der Waals surface area contributed by atoms with Gasteiger partial charge in [0, 0.05) is 24.8 Å². The van der Waals surface area contributed by atoms with Crippen molar-refractivity contribution >= 4 is 23.6 Å². The van der Waals surface area contributed by atoms with Crippen LogP contribution in [0.3, 0.4) is 0 Å². The number of hydrogen-bond acceptors (Lipinski definition) is 3. The van der Waals surface area contributed by atoms with Crippen molar-refractivity contribution in [3.05, 3.63) is 107 Å². The molecule has 184 valence electrons. The first kappa shape index (κ1) is 26.6. The summed E-state index contributed by atoms with van der Waals surface area (Å²) in [4.78, 5) is 29.0. The lowest BCUT2D eigenvalue weighted by atomic mass is 10.0. The van der Waals surface area contributed by atoms with Crippen LogP contribution in [0.4, 0.5) is 0 Å². The molecule has 4 nitrogen and oxygen atoms in total. The van der Waals surface area contributed by atoms with Gasteiger partial charge in [0.25, 0.3) is 0 Å². The summed E-state index contributed by atoms with van der Waals surface area (Å²) in [6.45, 7) is 6.50. The molecule has 0 saturated heterocycles. The molecule has 0 aromatic heterocycles. The molecular weight excluding hydrogens is 452 g/mol. The summed E-state index contributed by atoms with van der Waals surface area (Å²) in [5.41, 5.74) is 4.40. The molecule has 2 amide bonds. The number of carbonyl (C=O) groups is 2. The van der Waals surface area contributed by atoms with Crippen LogP contribution in [-0.4, -0.2) is 34.6 Å². The van der Waals surface area contributed by atoms with E-state index in [0.717, 1.165) is 28.9 Å². The standard InChI is InChI=1S/C30H36N2O2S/c1-4-24(3)31-30(34)28(19-25-14-7-5-8-15-25)32(20-27-18-12-11-13-23(27)2)29(33)22-35-21-26-16-9-6-10-17-26/h5-18,24,28H,4,19-22H2,1-3H3,(H,31,34). The van der Waals surface area contributed by atoms with Crippen LogP contribution in [0, 0.1) is 6.92 Å². The minimum absolute atomic E-state index is 0.0191. The van der Waals surface area contributed by atoms with Gasteiger partial charge in [-0.3, -0.25) is 9.59 Å². The first-order valence-electron chi connectivity index (χ1n) is 12.3. The highest BCUT2D eigenvalue weighted by atomic mass is 32.2. The average Bonchev–Trinajstić information content (AvgIpc) is 2.88. The highest BCUT2D eigenvalue weighted by Gasteiger charge is 2.31. The molecule has 0 aliphatic heterocycles. The Bertz CT molecular complexity index is 1070. The summed E-state index contributed by atoms with van der Waals surface area (Å²) in [7, 11) is 0. The van der Waals surface area contributed by atoms with Gasteiger partial charge in [0.1, 0.15) is 6.04 Å². The molecule has 0 saturated carbocycles. The number of thioether (sulfide) groups is 1. The van der Waals surface area contributed by atoms with Crippen LogP contribution in [0.5, 0.6) is 0 Å². The molecule has 3 rings (SSSR count). The zero-order valence-corrected chi connectivity index (χ0v) is 21.8. The monoisotopic (exact) mass is 488 g/mol. The highest BCUT2D eigenvalue weighted by Crippen LogP contribution is 2.20. The molecule has 1 N–H and O–H groups in total. The third-order valence-electron chi connectivity index (χ3n) is 6.21. The molecule has 3 aromatic carbocycles. The van der Waals surface area contributed by atoms with Gasteiger partial charge in [-0.05, 0) is 42.5 Å². The first-order valence-corrected chi connectivity index (χ1v) is 13.4. The van der Waals surface area contributed by atoms with Crippen molar-refractivity contribution in [3.8, 4) is 0 Å². The Morgan fingerprint density at radius 1 is 0.886 bits per heavy atom. The molecule has 0 radical (unpaired) electrons. The van der Waals surface area contributed by atoms with E-state index in [1.165, 1.54) is 5.56 Å². The Morgan fingerprint density at radius 3 is 2.11 bits per heavy atom. The van der Waals surface area contributed by atoms with E-state index in [2.05, 4.69) is 17.4 Å². The van der Waals surface area contributed by atoms with E-state index in [9.17, 15) is 9.59 Å². The topological polar surface area (TPSA) is 49.4 Å². The summed E-state index contributed by atoms with van der Waals surface area (Å²) in [5, 5.41) is 3.13. The molecule has 5 heteroatoms. The largest absolute Gasteiger partial charge is 0.352 e. The average molecular weight is 489 g/mol. The maximum Gasteiger partial charge on any atom is 0.243 e. The number of carbonyl (C=O) groups excluding carboxylic acids is 2. The normalized spacial score (nSPS) is 12.5. The SMILES string of the molecule is CCC(C)NC(=O)C(Cc1ccccc1)N(Cc1ccccc1C)C(=O)CSCc1ccccc1. The van der Waals surface area contributed by atoms with Crippen molar-refractivity contribution < 1.29 is 9.59 Å². The van der Waals surface area contributed by atoms with Crippen molar-refractivity contribution in [2.45, 2.75) is 58.0 Å². The van der Waals surface area contributed by atoms with Crippen LogP contribution in [0.15, 0.2) is 84.9 Å². The van der Waals surface area contributed by atoms with Gasteiger partial charge in [0.05, 0.1) is 5.75 Å². The van der Waals surface area contributed by atoms with Crippen LogP contribution in [0.1, 0.15) is 42.5 Å². The molecule has 0 aliphatic rings. The predicted molar refractivity (Wildman–Crippen MR) is 146 cm³/mol. The zero-order valence-electron chi connectivity index (χ0n) is 20.9. The van der Waals surface area contributed by atoms with Crippen LogP contribution in [0.25, 0.3) is 0 Å². The lowest BCUT2D eigenvalue weighted by Crippen LogP contribution is -2.52. The van der Waals surface area contributed by atoms with Crippen LogP contribution in [-0.2, 0) is 28.3 Å². The molecule has 0 fully saturated rings. The summed E-state index contributed by atoms with van der Waals surface area (Å²) < 4.78 is 0. The molecule has 3 aromatic rings. The minimum Gasteiger partial charge on any atom is -0.352 e. The van der Waals surface area contributed by atoms with Crippen molar-refractivity contribution in [3.63, 3.8) is 0 Å². The number of amides is 2. The van der Waals surface area contributed by atoms with Gasteiger partial charge in [0.15, 0.2) is 0 Å². The van der Waals surface area contributed by atoms with Crippen LogP contribution in [0.2, 0.25) is 0 Å². The van der Waals surface area contributed by atoms with E-state index < -0.39 is 6.04 Å². The van der Waals surface area contributed by atoms with Crippen LogP contribution < -0.4 is 5.32 Å². The minimum atomic E-state index is -0.587. The molecular formula is C30H36N2O2S. The van der Waals surface area contributed by atoms with E-state index in [4.69, 9.17) is 0 Å². The maximum absolute atomic E-state index is 13.7. The number of nitrogens with one attached hydrogen (secondary N) is 1. The lowest BCUT2D eigenvalue weighted by Gasteiger charge is -2.32. The summed E-state index contributed by atoms with van der Waals surface area (Å²) >= 11 is 1.59. The van der Waals surface area contributed by atoms with Gasteiger partial charge in [-0.15, -0.1) is 11.8 Å². The number of benzene rings is 3. The molecule has 0 aliphatic carbocycles. The number of hydrogen-bond donors (Lipinski definition) is 1. The molecule has 2 atom stereocenters. The molecule has 0 bridgehead atoms. The van der Waals surface area contributed by atoms with Gasteiger partial charge in [-0.2, -0.15) is 0 Å². The molecule has 35 heavy (non-hydrogen) atoms. The van der Waals surface area contributed by atoms with Crippen molar-refractivity contribution in [1.29, 1.82) is 0 Å². The van der Waals surface area contributed by atoms with Crippen molar-refractivity contribution in [2.75, 3.05) is 5.75 Å². The number of aryl methyl sites for hydroxylation is 1. The van der Waals surface area contributed by atoms with Crippen molar-refractivity contribution in [2.24, 2.45) is 0 Å². The second-order valence-electron chi connectivity index (χ2n) is 8.95. The second kappa shape index (κ2) is 13.7. The Hall–Kier alpha value is -3.05. The third-order valence-corrected chi connectivity index (χ3v) is 7.20. The molecule has 0 heterocycles. The highest BCUT2D eigenvalue weighted by molar-refractivity contribution is 7.99.